The van der Waals surface area contributed by atoms with Crippen LogP contribution in [-0.2, 0) is 9.53 Å². The largest absolute Gasteiger partial charge is 0.411 e. The topological polar surface area (TPSA) is 67.6 Å². The number of nitrogens with two attached hydrogens (primary N) is 1. The molecule has 3 N–H and O–H groups in total. The Labute approximate surface area is 110 Å². The molecule has 8 heteroatoms. The highest BCUT2D eigenvalue weighted by atomic mass is 19.4. The van der Waals surface area contributed by atoms with Gasteiger partial charge in [-0.2, -0.15) is 13.2 Å². The Hall–Kier alpha value is -0.860. The van der Waals surface area contributed by atoms with E-state index in [1.165, 1.54) is 0 Å². The maximum Gasteiger partial charge on any atom is 0.411 e. The lowest BCUT2D eigenvalue weighted by Gasteiger charge is -2.31. The summed E-state index contributed by atoms with van der Waals surface area (Å²) in [6, 6.07) is 0.0102. The standard InChI is InChI=1S/C11H20F3N3O2/c12-11(13,14)8-19-7-10(18)16-9-1-4-17(5-2-9)6-3-15/h9H,1-8,15H2,(H,16,18). The summed E-state index contributed by atoms with van der Waals surface area (Å²) in [6.07, 6.45) is -2.83. The van der Waals surface area contributed by atoms with Crippen molar-refractivity contribution >= 4 is 5.91 Å². The van der Waals surface area contributed by atoms with Crippen LogP contribution in [0.25, 0.3) is 0 Å². The Balaban J connectivity index is 2.13. The first-order chi connectivity index (χ1) is 8.90. The smallest absolute Gasteiger partial charge is 0.362 e. The highest BCUT2D eigenvalue weighted by Gasteiger charge is 2.28. The van der Waals surface area contributed by atoms with E-state index in [-0.39, 0.29) is 6.04 Å². The molecular weight excluding hydrogens is 263 g/mol. The zero-order chi connectivity index (χ0) is 14.3. The molecule has 0 saturated carbocycles. The SMILES string of the molecule is NCCN1CCC(NC(=O)COCC(F)(F)F)CC1. The van der Waals surface area contributed by atoms with Crippen LogP contribution in [0.3, 0.4) is 0 Å². The number of carbonyl (C=O) groups is 1. The second-order valence-electron chi connectivity index (χ2n) is 4.58. The number of carbonyl (C=O) groups excluding carboxylic acids is 1. The van der Waals surface area contributed by atoms with E-state index in [2.05, 4.69) is 15.0 Å². The van der Waals surface area contributed by atoms with Gasteiger partial charge in [-0.3, -0.25) is 4.79 Å². The number of alkyl halides is 3. The minimum Gasteiger partial charge on any atom is -0.362 e. The number of amides is 1. The summed E-state index contributed by atoms with van der Waals surface area (Å²) in [5.41, 5.74) is 5.44. The van der Waals surface area contributed by atoms with Crippen LogP contribution in [0.15, 0.2) is 0 Å². The molecule has 1 heterocycles. The van der Waals surface area contributed by atoms with Crippen molar-refractivity contribution in [2.45, 2.75) is 25.1 Å². The van der Waals surface area contributed by atoms with Crippen molar-refractivity contribution in [3.05, 3.63) is 0 Å². The molecular formula is C11H20F3N3O2. The quantitative estimate of drug-likeness (QED) is 0.726. The lowest BCUT2D eigenvalue weighted by molar-refractivity contribution is -0.175. The van der Waals surface area contributed by atoms with Gasteiger partial charge in [0, 0.05) is 32.2 Å². The minimum absolute atomic E-state index is 0.0102. The van der Waals surface area contributed by atoms with E-state index in [9.17, 15) is 18.0 Å². The van der Waals surface area contributed by atoms with Crippen LogP contribution < -0.4 is 11.1 Å². The number of halogens is 3. The van der Waals surface area contributed by atoms with E-state index in [0.29, 0.717) is 6.54 Å². The highest BCUT2D eigenvalue weighted by Crippen LogP contribution is 2.14. The summed E-state index contributed by atoms with van der Waals surface area (Å²) in [5, 5.41) is 2.68. The molecule has 0 bridgehead atoms. The van der Waals surface area contributed by atoms with Crippen molar-refractivity contribution < 1.29 is 22.7 Å². The maximum atomic E-state index is 11.8. The highest BCUT2D eigenvalue weighted by molar-refractivity contribution is 5.77. The second kappa shape index (κ2) is 7.66. The van der Waals surface area contributed by atoms with Gasteiger partial charge in [-0.1, -0.05) is 0 Å². The first-order valence-electron chi connectivity index (χ1n) is 6.27. The number of rotatable bonds is 6. The third-order valence-electron chi connectivity index (χ3n) is 2.90. The molecule has 5 nitrogen and oxygen atoms in total. The Morgan fingerprint density at radius 1 is 1.37 bits per heavy atom. The molecule has 0 aliphatic carbocycles. The summed E-state index contributed by atoms with van der Waals surface area (Å²) in [4.78, 5) is 13.6. The van der Waals surface area contributed by atoms with Crippen molar-refractivity contribution in [1.29, 1.82) is 0 Å². The number of ether oxygens (including phenoxy) is 1. The molecule has 0 aromatic heterocycles. The zero-order valence-electron chi connectivity index (χ0n) is 10.7. The average Bonchev–Trinajstić information content (AvgIpc) is 2.30. The number of likely N-dealkylation sites (tertiary alicyclic amines) is 1. The molecule has 1 aliphatic rings. The Morgan fingerprint density at radius 2 is 2.00 bits per heavy atom. The van der Waals surface area contributed by atoms with Gasteiger partial charge in [-0.15, -0.1) is 0 Å². The lowest BCUT2D eigenvalue weighted by Crippen LogP contribution is -2.46. The van der Waals surface area contributed by atoms with Gasteiger partial charge in [0.15, 0.2) is 0 Å². The number of nitrogens with one attached hydrogen (secondary N) is 1. The van der Waals surface area contributed by atoms with Crippen molar-refractivity contribution in [3.8, 4) is 0 Å². The zero-order valence-corrected chi connectivity index (χ0v) is 10.7. The van der Waals surface area contributed by atoms with E-state index < -0.39 is 25.3 Å². The van der Waals surface area contributed by atoms with E-state index >= 15 is 0 Å². The van der Waals surface area contributed by atoms with Gasteiger partial charge in [-0.25, -0.2) is 0 Å². The van der Waals surface area contributed by atoms with Crippen molar-refractivity contribution in [1.82, 2.24) is 10.2 Å². The van der Waals surface area contributed by atoms with Crippen LogP contribution in [0.5, 0.6) is 0 Å². The van der Waals surface area contributed by atoms with Gasteiger partial charge in [0.1, 0.15) is 13.2 Å². The fraction of sp³-hybridized carbons (Fsp3) is 0.909. The van der Waals surface area contributed by atoms with Crippen LogP contribution in [0.4, 0.5) is 13.2 Å². The van der Waals surface area contributed by atoms with E-state index in [4.69, 9.17) is 5.73 Å². The molecule has 0 aromatic carbocycles. The molecule has 0 unspecified atom stereocenters. The van der Waals surface area contributed by atoms with Gasteiger partial charge in [0.25, 0.3) is 0 Å². The predicted octanol–water partition coefficient (Wildman–Crippen LogP) is 0.105. The first-order valence-corrected chi connectivity index (χ1v) is 6.27. The van der Waals surface area contributed by atoms with Crippen LogP contribution in [-0.4, -0.2) is 62.4 Å². The molecule has 19 heavy (non-hydrogen) atoms. The summed E-state index contributed by atoms with van der Waals surface area (Å²) in [6.45, 7) is 1.16. The molecule has 0 radical (unpaired) electrons. The summed E-state index contributed by atoms with van der Waals surface area (Å²) >= 11 is 0. The third kappa shape index (κ3) is 7.34. The van der Waals surface area contributed by atoms with Crippen LogP contribution in [0, 0.1) is 0 Å². The van der Waals surface area contributed by atoms with Crippen LogP contribution >= 0.6 is 0 Å². The minimum atomic E-state index is -4.39. The van der Waals surface area contributed by atoms with Gasteiger partial charge in [0.2, 0.25) is 5.91 Å². The van der Waals surface area contributed by atoms with E-state index in [0.717, 1.165) is 32.5 Å². The number of hydrogen-bond donors (Lipinski definition) is 2. The molecule has 1 saturated heterocycles. The Kier molecular flexibility index (Phi) is 6.53. The van der Waals surface area contributed by atoms with E-state index in [1.807, 2.05) is 0 Å². The number of piperidine rings is 1. The Morgan fingerprint density at radius 3 is 2.53 bits per heavy atom. The molecule has 1 aliphatic heterocycles. The fourth-order valence-corrected chi connectivity index (χ4v) is 2.01. The summed E-state index contributed by atoms with van der Waals surface area (Å²) < 4.78 is 39.7. The van der Waals surface area contributed by atoms with Crippen LogP contribution in [0.2, 0.25) is 0 Å². The third-order valence-corrected chi connectivity index (χ3v) is 2.90. The van der Waals surface area contributed by atoms with Crippen molar-refractivity contribution in [2.75, 3.05) is 39.4 Å². The van der Waals surface area contributed by atoms with Gasteiger partial charge >= 0.3 is 6.18 Å². The molecule has 0 aromatic rings. The van der Waals surface area contributed by atoms with Crippen molar-refractivity contribution in [3.63, 3.8) is 0 Å². The van der Waals surface area contributed by atoms with E-state index in [1.54, 1.807) is 0 Å². The van der Waals surface area contributed by atoms with Crippen LogP contribution in [0.1, 0.15) is 12.8 Å². The molecule has 1 amide bonds. The average molecular weight is 283 g/mol. The number of hydrogen-bond acceptors (Lipinski definition) is 4. The van der Waals surface area contributed by atoms with Gasteiger partial charge < -0.3 is 20.7 Å². The molecule has 112 valence electrons. The molecule has 1 rings (SSSR count). The fourth-order valence-electron chi connectivity index (χ4n) is 2.01. The second-order valence-corrected chi connectivity index (χ2v) is 4.58. The normalized spacial score (nSPS) is 18.5. The molecule has 1 fully saturated rings. The lowest BCUT2D eigenvalue weighted by atomic mass is 10.1. The first kappa shape index (κ1) is 16.2. The number of nitrogens with zero attached hydrogens (tertiary/aromatic N) is 1. The summed E-state index contributed by atoms with van der Waals surface area (Å²) in [5.74, 6) is -0.499. The van der Waals surface area contributed by atoms with Crippen molar-refractivity contribution in [2.24, 2.45) is 5.73 Å². The van der Waals surface area contributed by atoms with Gasteiger partial charge in [-0.05, 0) is 12.8 Å². The molecule has 0 atom stereocenters. The maximum absolute atomic E-state index is 11.8. The predicted molar refractivity (Wildman–Crippen MR) is 63.5 cm³/mol. The monoisotopic (exact) mass is 283 g/mol. The van der Waals surface area contributed by atoms with Gasteiger partial charge in [0.05, 0.1) is 0 Å². The Bertz CT molecular complexity index is 279. The molecule has 0 spiro atoms. The summed E-state index contributed by atoms with van der Waals surface area (Å²) in [7, 11) is 0.